The van der Waals surface area contributed by atoms with Gasteiger partial charge in [0.05, 0.1) is 25.4 Å². The molecular weight excluding hydrogens is 368 g/mol. The molecule has 0 amide bonds. The quantitative estimate of drug-likeness (QED) is 0.382. The standard InChI is InChI=1S/C21H22N6O2/c1-4-11-29-18-8-6-5-7-14(18)13-22-25-21-23-20-19(24-26-21)16-12-15(28-3)9-10-17(16)27(20)2/h5-10,12-13H,4,11H2,1-3H3,(H,23,25,26)/b22-13-. The predicted octanol–water partition coefficient (Wildman–Crippen LogP) is 3.76. The number of methoxy groups -OCH3 is 1. The van der Waals surface area contributed by atoms with Gasteiger partial charge in [-0.05, 0) is 36.8 Å². The van der Waals surface area contributed by atoms with Crippen LogP contribution in [0.4, 0.5) is 5.95 Å². The maximum absolute atomic E-state index is 5.74. The van der Waals surface area contributed by atoms with Gasteiger partial charge >= 0.3 is 0 Å². The van der Waals surface area contributed by atoms with Crippen LogP contribution < -0.4 is 14.9 Å². The highest BCUT2D eigenvalue weighted by Crippen LogP contribution is 2.28. The zero-order chi connectivity index (χ0) is 20.2. The summed E-state index contributed by atoms with van der Waals surface area (Å²) in [5.41, 5.74) is 6.17. The molecule has 0 saturated carbocycles. The average molecular weight is 390 g/mol. The van der Waals surface area contributed by atoms with E-state index >= 15 is 0 Å². The summed E-state index contributed by atoms with van der Waals surface area (Å²) in [7, 11) is 3.59. The molecule has 0 aliphatic rings. The lowest BCUT2D eigenvalue weighted by molar-refractivity contribution is 0.317. The molecule has 4 aromatic rings. The SMILES string of the molecule is CCCOc1ccccc1/C=N\Nc1nnc2c3cc(OC)ccc3n(C)c2n1. The van der Waals surface area contributed by atoms with Crippen molar-refractivity contribution in [3.8, 4) is 11.5 Å². The molecule has 0 fully saturated rings. The monoisotopic (exact) mass is 390 g/mol. The minimum atomic E-state index is 0.318. The second-order valence-corrected chi connectivity index (χ2v) is 6.51. The average Bonchev–Trinajstić information content (AvgIpc) is 3.04. The molecule has 0 spiro atoms. The van der Waals surface area contributed by atoms with Gasteiger partial charge in [0.1, 0.15) is 17.0 Å². The van der Waals surface area contributed by atoms with E-state index in [1.165, 1.54) is 0 Å². The topological polar surface area (TPSA) is 86.5 Å². The fourth-order valence-corrected chi connectivity index (χ4v) is 3.10. The van der Waals surface area contributed by atoms with Gasteiger partial charge in [0.25, 0.3) is 5.95 Å². The molecule has 0 radical (unpaired) electrons. The molecule has 0 bridgehead atoms. The van der Waals surface area contributed by atoms with E-state index in [-0.39, 0.29) is 0 Å². The van der Waals surface area contributed by atoms with Crippen LogP contribution >= 0.6 is 0 Å². The molecule has 8 heteroatoms. The van der Waals surface area contributed by atoms with Gasteiger partial charge in [0, 0.05) is 18.0 Å². The van der Waals surface area contributed by atoms with Crippen LogP contribution in [0.5, 0.6) is 11.5 Å². The Labute approximate surface area is 168 Å². The van der Waals surface area contributed by atoms with Crippen LogP contribution in [0.3, 0.4) is 0 Å². The summed E-state index contributed by atoms with van der Waals surface area (Å²) in [6.45, 7) is 2.73. The van der Waals surface area contributed by atoms with E-state index in [9.17, 15) is 0 Å². The summed E-state index contributed by atoms with van der Waals surface area (Å²) < 4.78 is 13.0. The lowest BCUT2D eigenvalue weighted by Gasteiger charge is -2.07. The lowest BCUT2D eigenvalue weighted by atomic mass is 10.2. The normalized spacial score (nSPS) is 11.4. The number of anilines is 1. The highest BCUT2D eigenvalue weighted by atomic mass is 16.5. The molecular formula is C21H22N6O2. The van der Waals surface area contributed by atoms with Gasteiger partial charge in [-0.15, -0.1) is 10.2 Å². The van der Waals surface area contributed by atoms with Crippen molar-refractivity contribution >= 4 is 34.2 Å². The molecule has 2 aromatic carbocycles. The van der Waals surface area contributed by atoms with Crippen LogP contribution in [-0.2, 0) is 7.05 Å². The number of hydrogen-bond acceptors (Lipinski definition) is 7. The van der Waals surface area contributed by atoms with Crippen molar-refractivity contribution in [2.24, 2.45) is 12.1 Å². The van der Waals surface area contributed by atoms with Gasteiger partial charge in [-0.3, -0.25) is 0 Å². The van der Waals surface area contributed by atoms with E-state index in [1.54, 1.807) is 13.3 Å². The Kier molecular flexibility index (Phi) is 5.24. The van der Waals surface area contributed by atoms with E-state index in [4.69, 9.17) is 9.47 Å². The minimum absolute atomic E-state index is 0.318. The largest absolute Gasteiger partial charge is 0.497 e. The number of fused-ring (bicyclic) bond motifs is 3. The summed E-state index contributed by atoms with van der Waals surface area (Å²) in [6.07, 6.45) is 2.63. The highest BCUT2D eigenvalue weighted by Gasteiger charge is 2.13. The van der Waals surface area contributed by atoms with Gasteiger partial charge < -0.3 is 14.0 Å². The number of aromatic nitrogens is 4. The van der Waals surface area contributed by atoms with Crippen LogP contribution in [0.15, 0.2) is 47.6 Å². The van der Waals surface area contributed by atoms with E-state index < -0.39 is 0 Å². The molecule has 0 aliphatic heterocycles. The molecule has 0 saturated heterocycles. The number of hydrazone groups is 1. The van der Waals surface area contributed by atoms with Crippen molar-refractivity contribution in [3.05, 3.63) is 48.0 Å². The van der Waals surface area contributed by atoms with Gasteiger partial charge in [-0.1, -0.05) is 19.1 Å². The van der Waals surface area contributed by atoms with Crippen molar-refractivity contribution in [2.75, 3.05) is 19.1 Å². The molecule has 4 rings (SSSR count). The minimum Gasteiger partial charge on any atom is -0.497 e. The zero-order valence-corrected chi connectivity index (χ0v) is 16.6. The smallest absolute Gasteiger partial charge is 0.265 e. The van der Waals surface area contributed by atoms with Gasteiger partial charge in [-0.25, -0.2) is 5.43 Å². The van der Waals surface area contributed by atoms with E-state index in [2.05, 4.69) is 32.6 Å². The Morgan fingerprint density at radius 2 is 2.03 bits per heavy atom. The summed E-state index contributed by atoms with van der Waals surface area (Å²) in [4.78, 5) is 4.56. The van der Waals surface area contributed by atoms with Crippen molar-refractivity contribution < 1.29 is 9.47 Å². The first-order valence-corrected chi connectivity index (χ1v) is 9.39. The highest BCUT2D eigenvalue weighted by molar-refractivity contribution is 6.04. The number of hydrogen-bond donors (Lipinski definition) is 1. The van der Waals surface area contributed by atoms with Crippen molar-refractivity contribution in [1.29, 1.82) is 0 Å². The number of benzene rings is 2. The van der Waals surface area contributed by atoms with E-state index in [1.807, 2.05) is 54.1 Å². The van der Waals surface area contributed by atoms with Gasteiger partial charge in [0.2, 0.25) is 0 Å². The van der Waals surface area contributed by atoms with Crippen molar-refractivity contribution in [3.63, 3.8) is 0 Å². The number of nitrogens with one attached hydrogen (secondary N) is 1. The number of nitrogens with zero attached hydrogens (tertiary/aromatic N) is 5. The maximum Gasteiger partial charge on any atom is 0.265 e. The molecule has 2 aromatic heterocycles. The van der Waals surface area contributed by atoms with Crippen LogP contribution in [0, 0.1) is 0 Å². The number of aryl methyl sites for hydroxylation is 1. The van der Waals surface area contributed by atoms with Gasteiger partial charge in [-0.2, -0.15) is 10.1 Å². The van der Waals surface area contributed by atoms with Crippen LogP contribution in [0.2, 0.25) is 0 Å². The second-order valence-electron chi connectivity index (χ2n) is 6.51. The van der Waals surface area contributed by atoms with E-state index in [0.717, 1.165) is 34.4 Å². The Hall–Kier alpha value is -3.68. The number of ether oxygens (including phenoxy) is 2. The summed E-state index contributed by atoms with van der Waals surface area (Å²) in [5.74, 6) is 1.87. The summed E-state index contributed by atoms with van der Waals surface area (Å²) in [6, 6.07) is 13.6. The molecule has 2 heterocycles. The third-order valence-corrected chi connectivity index (χ3v) is 4.56. The van der Waals surface area contributed by atoms with E-state index in [0.29, 0.717) is 23.7 Å². The first-order valence-electron chi connectivity index (χ1n) is 9.39. The molecule has 0 unspecified atom stereocenters. The molecule has 0 atom stereocenters. The molecule has 29 heavy (non-hydrogen) atoms. The fraction of sp³-hybridized carbons (Fsp3) is 0.238. The Balaban J connectivity index is 1.60. The molecule has 148 valence electrons. The third-order valence-electron chi connectivity index (χ3n) is 4.56. The van der Waals surface area contributed by atoms with Crippen molar-refractivity contribution in [1.82, 2.24) is 19.7 Å². The third kappa shape index (κ3) is 3.69. The Bertz CT molecular complexity index is 1180. The number of rotatable bonds is 7. The Morgan fingerprint density at radius 3 is 2.86 bits per heavy atom. The molecule has 8 nitrogen and oxygen atoms in total. The van der Waals surface area contributed by atoms with Crippen LogP contribution in [0.25, 0.3) is 22.1 Å². The molecule has 0 aliphatic carbocycles. The summed E-state index contributed by atoms with van der Waals surface area (Å²) >= 11 is 0. The van der Waals surface area contributed by atoms with Crippen molar-refractivity contribution in [2.45, 2.75) is 13.3 Å². The lowest BCUT2D eigenvalue weighted by Crippen LogP contribution is -2.02. The first kappa shape index (κ1) is 18.7. The van der Waals surface area contributed by atoms with Crippen LogP contribution in [-0.4, -0.2) is 39.7 Å². The Morgan fingerprint density at radius 1 is 1.17 bits per heavy atom. The van der Waals surface area contributed by atoms with Gasteiger partial charge in [0.15, 0.2) is 5.65 Å². The zero-order valence-electron chi connectivity index (χ0n) is 16.6. The molecule has 1 N–H and O–H groups in total. The maximum atomic E-state index is 5.74. The predicted molar refractivity (Wildman–Crippen MR) is 114 cm³/mol. The second kappa shape index (κ2) is 8.14. The number of para-hydroxylation sites is 1. The summed E-state index contributed by atoms with van der Waals surface area (Å²) in [5, 5.41) is 13.7. The van der Waals surface area contributed by atoms with Crippen LogP contribution in [0.1, 0.15) is 18.9 Å². The first-order chi connectivity index (χ1) is 14.2. The fourth-order valence-electron chi connectivity index (χ4n) is 3.10.